The second-order valence-corrected chi connectivity index (χ2v) is 6.89. The predicted molar refractivity (Wildman–Crippen MR) is 103 cm³/mol. The van der Waals surface area contributed by atoms with E-state index in [1.54, 1.807) is 6.07 Å². The summed E-state index contributed by atoms with van der Waals surface area (Å²) in [4.78, 5) is 17.3. The number of nitrogens with zero attached hydrogens (tertiary/aromatic N) is 2. The molecule has 140 valence electrons. The fraction of sp³-hybridized carbons (Fsp3) is 0.333. The van der Waals surface area contributed by atoms with Crippen LogP contribution in [0.2, 0.25) is 0 Å². The van der Waals surface area contributed by atoms with E-state index in [-0.39, 0.29) is 5.56 Å². The Labute approximate surface area is 157 Å². The average molecular weight is 367 g/mol. The molecule has 0 unspecified atom stereocenters. The molecule has 1 amide bonds. The van der Waals surface area contributed by atoms with Gasteiger partial charge in [-0.1, -0.05) is 31.4 Å². The maximum Gasteiger partial charge on any atom is 0.260 e. The fourth-order valence-electron chi connectivity index (χ4n) is 3.82. The van der Waals surface area contributed by atoms with Crippen molar-refractivity contribution in [3.8, 4) is 5.75 Å². The summed E-state index contributed by atoms with van der Waals surface area (Å²) in [5.41, 5.74) is 1.79. The van der Waals surface area contributed by atoms with Gasteiger partial charge in [-0.15, -0.1) is 0 Å². The lowest BCUT2D eigenvalue weighted by atomic mass is 9.95. The third-order valence-electron chi connectivity index (χ3n) is 5.18. The molecule has 1 aliphatic rings. The van der Waals surface area contributed by atoms with E-state index in [0.717, 1.165) is 36.7 Å². The molecule has 2 aromatic carbocycles. The largest absolute Gasteiger partial charge is 0.497 e. The highest BCUT2D eigenvalue weighted by molar-refractivity contribution is 6.04. The zero-order valence-corrected chi connectivity index (χ0v) is 15.2. The molecule has 0 saturated heterocycles. The third kappa shape index (κ3) is 3.39. The SMILES string of the molecule is COc1ccc(C(=O)Nc2nc3ccccc3n2C2CCCCC2)c(F)c1. The molecule has 0 aliphatic heterocycles. The Bertz CT molecular complexity index is 977. The number of amides is 1. The number of methoxy groups -OCH3 is 1. The number of halogens is 1. The number of carbonyl (C=O) groups is 1. The molecule has 0 bridgehead atoms. The number of carbonyl (C=O) groups excluding carboxylic acids is 1. The van der Waals surface area contributed by atoms with E-state index in [4.69, 9.17) is 4.74 Å². The lowest BCUT2D eigenvalue weighted by molar-refractivity contribution is 0.102. The predicted octanol–water partition coefficient (Wildman–Crippen LogP) is 4.94. The monoisotopic (exact) mass is 367 g/mol. The van der Waals surface area contributed by atoms with Gasteiger partial charge in [-0.25, -0.2) is 9.37 Å². The maximum atomic E-state index is 14.3. The molecule has 0 atom stereocenters. The standard InChI is InChI=1S/C21H22FN3O2/c1-27-15-11-12-16(17(22)13-15)20(26)24-21-23-18-9-5-6-10-19(18)25(21)14-7-3-2-4-8-14/h5-6,9-14H,2-4,7-8H2,1H3,(H,23,24,26). The molecule has 1 aliphatic carbocycles. The van der Waals surface area contributed by atoms with Crippen molar-refractivity contribution < 1.29 is 13.9 Å². The number of imidazole rings is 1. The van der Waals surface area contributed by atoms with Crippen LogP contribution in [0.25, 0.3) is 11.0 Å². The van der Waals surface area contributed by atoms with E-state index in [1.165, 1.54) is 25.7 Å². The van der Waals surface area contributed by atoms with Crippen LogP contribution in [0, 0.1) is 5.82 Å². The number of rotatable bonds is 4. The van der Waals surface area contributed by atoms with Gasteiger partial charge in [0.15, 0.2) is 0 Å². The molecule has 1 saturated carbocycles. The van der Waals surface area contributed by atoms with Crippen LogP contribution in [0.5, 0.6) is 5.75 Å². The van der Waals surface area contributed by atoms with Crippen molar-refractivity contribution in [1.29, 1.82) is 0 Å². The zero-order valence-electron chi connectivity index (χ0n) is 15.2. The third-order valence-corrected chi connectivity index (χ3v) is 5.18. The number of anilines is 1. The summed E-state index contributed by atoms with van der Waals surface area (Å²) in [6.07, 6.45) is 5.68. The molecule has 1 fully saturated rings. The first-order chi connectivity index (χ1) is 13.2. The van der Waals surface area contributed by atoms with Crippen LogP contribution < -0.4 is 10.1 Å². The van der Waals surface area contributed by atoms with Crippen molar-refractivity contribution >= 4 is 22.9 Å². The van der Waals surface area contributed by atoms with E-state index in [1.807, 2.05) is 24.3 Å². The molecule has 1 N–H and O–H groups in total. The quantitative estimate of drug-likeness (QED) is 0.710. The normalized spacial score (nSPS) is 15.0. The van der Waals surface area contributed by atoms with Crippen LogP contribution in [0.15, 0.2) is 42.5 Å². The molecule has 3 aromatic rings. The van der Waals surface area contributed by atoms with Gasteiger partial charge in [0, 0.05) is 12.1 Å². The molecule has 6 heteroatoms. The van der Waals surface area contributed by atoms with Gasteiger partial charge >= 0.3 is 0 Å². The van der Waals surface area contributed by atoms with Crippen molar-refractivity contribution in [3.05, 3.63) is 53.8 Å². The number of hydrogen-bond donors (Lipinski definition) is 1. The van der Waals surface area contributed by atoms with Crippen molar-refractivity contribution in [1.82, 2.24) is 9.55 Å². The fourth-order valence-corrected chi connectivity index (χ4v) is 3.82. The summed E-state index contributed by atoms with van der Waals surface area (Å²) in [5, 5.41) is 2.82. The summed E-state index contributed by atoms with van der Waals surface area (Å²) in [5.74, 6) is -0.281. The van der Waals surface area contributed by atoms with Gasteiger partial charge in [0.25, 0.3) is 5.91 Å². The molecule has 4 rings (SSSR count). The van der Waals surface area contributed by atoms with Crippen molar-refractivity contribution in [3.63, 3.8) is 0 Å². The van der Waals surface area contributed by atoms with Gasteiger partial charge < -0.3 is 9.30 Å². The molecular formula is C21H22FN3O2. The Balaban J connectivity index is 1.70. The minimum absolute atomic E-state index is 0.0296. The maximum absolute atomic E-state index is 14.3. The average Bonchev–Trinajstić information content (AvgIpc) is 3.06. The summed E-state index contributed by atoms with van der Waals surface area (Å²) < 4.78 is 21.4. The van der Waals surface area contributed by atoms with Crippen molar-refractivity contribution in [2.75, 3.05) is 12.4 Å². The summed E-state index contributed by atoms with van der Waals surface area (Å²) >= 11 is 0. The number of ether oxygens (including phenoxy) is 1. The second kappa shape index (κ2) is 7.39. The van der Waals surface area contributed by atoms with Gasteiger partial charge in [-0.05, 0) is 37.1 Å². The van der Waals surface area contributed by atoms with Crippen molar-refractivity contribution in [2.24, 2.45) is 0 Å². The number of fused-ring (bicyclic) bond motifs is 1. The second-order valence-electron chi connectivity index (χ2n) is 6.89. The summed E-state index contributed by atoms with van der Waals surface area (Å²) in [6, 6.07) is 12.3. The van der Waals surface area contributed by atoms with E-state index in [2.05, 4.69) is 14.9 Å². The van der Waals surface area contributed by atoms with Crippen LogP contribution in [-0.4, -0.2) is 22.6 Å². The number of para-hydroxylation sites is 2. The highest BCUT2D eigenvalue weighted by Gasteiger charge is 2.23. The summed E-state index contributed by atoms with van der Waals surface area (Å²) in [6.45, 7) is 0. The van der Waals surface area contributed by atoms with Gasteiger partial charge in [-0.3, -0.25) is 10.1 Å². The first-order valence-corrected chi connectivity index (χ1v) is 9.29. The van der Waals surface area contributed by atoms with Crippen LogP contribution in [0.3, 0.4) is 0 Å². The Hall–Kier alpha value is -2.89. The summed E-state index contributed by atoms with van der Waals surface area (Å²) in [7, 11) is 1.46. The molecule has 5 nitrogen and oxygen atoms in total. The molecule has 1 heterocycles. The Morgan fingerprint density at radius 3 is 2.70 bits per heavy atom. The first-order valence-electron chi connectivity index (χ1n) is 9.29. The smallest absolute Gasteiger partial charge is 0.260 e. The van der Waals surface area contributed by atoms with E-state index >= 15 is 0 Å². The van der Waals surface area contributed by atoms with Crippen LogP contribution in [-0.2, 0) is 0 Å². The lowest BCUT2D eigenvalue weighted by Gasteiger charge is -2.25. The number of benzene rings is 2. The Kier molecular flexibility index (Phi) is 4.79. The topological polar surface area (TPSA) is 56.1 Å². The zero-order chi connectivity index (χ0) is 18.8. The van der Waals surface area contributed by atoms with E-state index in [0.29, 0.717) is 17.7 Å². The van der Waals surface area contributed by atoms with Crippen LogP contribution >= 0.6 is 0 Å². The van der Waals surface area contributed by atoms with Gasteiger partial charge in [0.2, 0.25) is 5.95 Å². The van der Waals surface area contributed by atoms with Crippen molar-refractivity contribution in [2.45, 2.75) is 38.1 Å². The highest BCUT2D eigenvalue weighted by Crippen LogP contribution is 2.34. The van der Waals surface area contributed by atoms with E-state index in [9.17, 15) is 9.18 Å². The number of nitrogens with one attached hydrogen (secondary N) is 1. The minimum Gasteiger partial charge on any atom is -0.497 e. The molecule has 0 radical (unpaired) electrons. The molecule has 1 aromatic heterocycles. The first kappa shape index (κ1) is 17.5. The highest BCUT2D eigenvalue weighted by atomic mass is 19.1. The van der Waals surface area contributed by atoms with E-state index < -0.39 is 11.7 Å². The van der Waals surface area contributed by atoms with Gasteiger partial charge in [0.05, 0.1) is 23.7 Å². The molecule has 0 spiro atoms. The number of aromatic nitrogens is 2. The number of hydrogen-bond acceptors (Lipinski definition) is 3. The Morgan fingerprint density at radius 1 is 1.19 bits per heavy atom. The van der Waals surface area contributed by atoms with Crippen LogP contribution in [0.4, 0.5) is 10.3 Å². The lowest BCUT2D eigenvalue weighted by Crippen LogP contribution is -2.20. The van der Waals surface area contributed by atoms with Gasteiger partial charge in [-0.2, -0.15) is 0 Å². The van der Waals surface area contributed by atoms with Crippen LogP contribution in [0.1, 0.15) is 48.5 Å². The molecule has 27 heavy (non-hydrogen) atoms. The Morgan fingerprint density at radius 2 is 1.96 bits per heavy atom. The van der Waals surface area contributed by atoms with Gasteiger partial charge in [0.1, 0.15) is 11.6 Å². The minimum atomic E-state index is -0.618. The molecular weight excluding hydrogens is 345 g/mol.